The van der Waals surface area contributed by atoms with Crippen molar-refractivity contribution in [2.75, 3.05) is 11.1 Å². The number of pyridine rings is 1. The van der Waals surface area contributed by atoms with Gasteiger partial charge < -0.3 is 5.32 Å². The van der Waals surface area contributed by atoms with Gasteiger partial charge in [0.25, 0.3) is 5.91 Å². The van der Waals surface area contributed by atoms with Crippen LogP contribution in [0.1, 0.15) is 17.3 Å². The summed E-state index contributed by atoms with van der Waals surface area (Å²) in [5.41, 5.74) is 2.26. The standard InChI is InChI=1S/C18H15ClN4O3S/c1-2-27(25,26)17-10-8-15(22-23-17)12-3-6-14(7-4-12)21-18(24)13-5-9-16(19)20-11-13/h3-11H,2H2,1H3,(H,21,24). The highest BCUT2D eigenvalue weighted by molar-refractivity contribution is 7.91. The first kappa shape index (κ1) is 18.9. The quantitative estimate of drug-likeness (QED) is 0.657. The van der Waals surface area contributed by atoms with Gasteiger partial charge in [0.2, 0.25) is 0 Å². The molecule has 3 rings (SSSR count). The zero-order valence-electron chi connectivity index (χ0n) is 14.3. The van der Waals surface area contributed by atoms with Crippen LogP contribution < -0.4 is 5.32 Å². The van der Waals surface area contributed by atoms with E-state index in [4.69, 9.17) is 11.6 Å². The molecule has 1 N–H and O–H groups in total. The molecule has 2 aromatic heterocycles. The number of carbonyl (C=O) groups excluding carboxylic acids is 1. The summed E-state index contributed by atoms with van der Waals surface area (Å²) in [6.45, 7) is 1.55. The van der Waals surface area contributed by atoms with E-state index in [1.807, 2.05) is 0 Å². The molecule has 138 valence electrons. The van der Waals surface area contributed by atoms with Gasteiger partial charge in [-0.25, -0.2) is 13.4 Å². The maximum Gasteiger partial charge on any atom is 0.257 e. The average molecular weight is 403 g/mol. The van der Waals surface area contributed by atoms with Crippen LogP contribution in [0, 0.1) is 0 Å². The summed E-state index contributed by atoms with van der Waals surface area (Å²) in [6.07, 6.45) is 1.40. The SMILES string of the molecule is CCS(=O)(=O)c1ccc(-c2ccc(NC(=O)c3ccc(Cl)nc3)cc2)nn1. The van der Waals surface area contributed by atoms with E-state index in [1.54, 1.807) is 49.4 Å². The molecular weight excluding hydrogens is 388 g/mol. The summed E-state index contributed by atoms with van der Waals surface area (Å²) in [5, 5.41) is 10.8. The molecule has 0 radical (unpaired) electrons. The van der Waals surface area contributed by atoms with Gasteiger partial charge >= 0.3 is 0 Å². The second-order valence-electron chi connectivity index (χ2n) is 5.56. The highest BCUT2D eigenvalue weighted by Crippen LogP contribution is 2.20. The predicted molar refractivity (Wildman–Crippen MR) is 102 cm³/mol. The average Bonchev–Trinajstić information content (AvgIpc) is 2.69. The number of hydrogen-bond acceptors (Lipinski definition) is 6. The van der Waals surface area contributed by atoms with Crippen molar-refractivity contribution in [3.63, 3.8) is 0 Å². The van der Waals surface area contributed by atoms with Crippen LogP contribution in [0.4, 0.5) is 5.69 Å². The number of amides is 1. The van der Waals surface area contributed by atoms with Crippen molar-refractivity contribution in [2.24, 2.45) is 0 Å². The van der Waals surface area contributed by atoms with Crippen molar-refractivity contribution in [3.8, 4) is 11.3 Å². The Bertz CT molecular complexity index is 1050. The van der Waals surface area contributed by atoms with Gasteiger partial charge in [-0.1, -0.05) is 30.7 Å². The number of halogens is 1. The van der Waals surface area contributed by atoms with Crippen molar-refractivity contribution in [3.05, 3.63) is 65.4 Å². The zero-order valence-corrected chi connectivity index (χ0v) is 15.8. The summed E-state index contributed by atoms with van der Waals surface area (Å²) in [6, 6.07) is 13.1. The Hall–Kier alpha value is -2.84. The highest BCUT2D eigenvalue weighted by Gasteiger charge is 2.14. The summed E-state index contributed by atoms with van der Waals surface area (Å²) < 4.78 is 23.6. The van der Waals surface area contributed by atoms with Crippen molar-refractivity contribution in [2.45, 2.75) is 11.9 Å². The van der Waals surface area contributed by atoms with Gasteiger partial charge in [0.15, 0.2) is 14.9 Å². The molecule has 0 unspecified atom stereocenters. The van der Waals surface area contributed by atoms with Gasteiger partial charge in [-0.15, -0.1) is 10.2 Å². The largest absolute Gasteiger partial charge is 0.322 e. The molecule has 0 saturated heterocycles. The van der Waals surface area contributed by atoms with Crippen LogP contribution in [0.5, 0.6) is 0 Å². The van der Waals surface area contributed by atoms with Crippen LogP contribution in [-0.2, 0) is 9.84 Å². The molecule has 0 aliphatic rings. The Morgan fingerprint density at radius 2 is 1.78 bits per heavy atom. The van der Waals surface area contributed by atoms with Crippen LogP contribution in [0.15, 0.2) is 59.8 Å². The summed E-state index contributed by atoms with van der Waals surface area (Å²) in [7, 11) is -3.38. The van der Waals surface area contributed by atoms with E-state index >= 15 is 0 Å². The van der Waals surface area contributed by atoms with Gasteiger partial charge in [0, 0.05) is 17.4 Å². The fourth-order valence-corrected chi connectivity index (χ4v) is 3.07. The predicted octanol–water partition coefficient (Wildman–Crippen LogP) is 3.24. The molecule has 3 aromatic rings. The third-order valence-electron chi connectivity index (χ3n) is 3.77. The topological polar surface area (TPSA) is 102 Å². The van der Waals surface area contributed by atoms with E-state index in [0.717, 1.165) is 5.56 Å². The molecule has 1 aromatic carbocycles. The number of aromatic nitrogens is 3. The minimum Gasteiger partial charge on any atom is -0.322 e. The van der Waals surface area contributed by atoms with Crippen LogP contribution in [-0.4, -0.2) is 35.3 Å². The molecule has 0 saturated carbocycles. The third kappa shape index (κ3) is 4.47. The lowest BCUT2D eigenvalue weighted by Gasteiger charge is -2.07. The molecule has 0 atom stereocenters. The molecule has 2 heterocycles. The lowest BCUT2D eigenvalue weighted by molar-refractivity contribution is 0.102. The normalized spacial score (nSPS) is 11.2. The first-order valence-electron chi connectivity index (χ1n) is 7.99. The fraction of sp³-hybridized carbons (Fsp3) is 0.111. The van der Waals surface area contributed by atoms with Crippen LogP contribution in [0.25, 0.3) is 11.3 Å². The first-order valence-corrected chi connectivity index (χ1v) is 10.0. The molecule has 0 spiro atoms. The molecule has 1 amide bonds. The number of nitrogens with one attached hydrogen (secondary N) is 1. The van der Waals surface area contributed by atoms with Crippen LogP contribution >= 0.6 is 11.6 Å². The van der Waals surface area contributed by atoms with E-state index in [0.29, 0.717) is 22.1 Å². The lowest BCUT2D eigenvalue weighted by Crippen LogP contribution is -2.12. The van der Waals surface area contributed by atoms with Gasteiger partial charge in [0.1, 0.15) is 5.15 Å². The minimum atomic E-state index is -3.38. The molecular formula is C18H15ClN4O3S. The van der Waals surface area contributed by atoms with Crippen molar-refractivity contribution in [1.82, 2.24) is 15.2 Å². The molecule has 0 aliphatic heterocycles. The van der Waals surface area contributed by atoms with E-state index < -0.39 is 9.84 Å². The van der Waals surface area contributed by atoms with E-state index in [9.17, 15) is 13.2 Å². The van der Waals surface area contributed by atoms with Crippen LogP contribution in [0.2, 0.25) is 5.15 Å². The fourth-order valence-electron chi connectivity index (χ4n) is 2.23. The molecule has 27 heavy (non-hydrogen) atoms. The summed E-state index contributed by atoms with van der Waals surface area (Å²) in [4.78, 5) is 16.0. The Morgan fingerprint density at radius 1 is 1.04 bits per heavy atom. The number of benzene rings is 1. The van der Waals surface area contributed by atoms with Gasteiger partial charge in [-0.2, -0.15) is 0 Å². The smallest absolute Gasteiger partial charge is 0.257 e. The molecule has 7 nitrogen and oxygen atoms in total. The Kier molecular flexibility index (Phi) is 5.48. The van der Waals surface area contributed by atoms with Crippen LogP contribution in [0.3, 0.4) is 0 Å². The number of carbonyl (C=O) groups is 1. The third-order valence-corrected chi connectivity index (χ3v) is 5.61. The number of sulfone groups is 1. The van der Waals surface area contributed by atoms with E-state index in [-0.39, 0.29) is 16.7 Å². The molecule has 0 bridgehead atoms. The van der Waals surface area contributed by atoms with Crippen molar-refractivity contribution >= 4 is 33.0 Å². The van der Waals surface area contributed by atoms with Gasteiger partial charge in [-0.05, 0) is 36.4 Å². The number of rotatable bonds is 5. The van der Waals surface area contributed by atoms with Gasteiger partial charge in [0.05, 0.1) is 17.0 Å². The monoisotopic (exact) mass is 402 g/mol. The van der Waals surface area contributed by atoms with E-state index in [1.165, 1.54) is 12.3 Å². The first-order chi connectivity index (χ1) is 12.9. The second-order valence-corrected chi connectivity index (χ2v) is 8.17. The Labute approximate surface area is 161 Å². The summed E-state index contributed by atoms with van der Waals surface area (Å²) in [5.74, 6) is -0.334. The Morgan fingerprint density at radius 3 is 2.33 bits per heavy atom. The number of hydrogen-bond donors (Lipinski definition) is 1. The number of nitrogens with zero attached hydrogens (tertiary/aromatic N) is 3. The van der Waals surface area contributed by atoms with E-state index in [2.05, 4.69) is 20.5 Å². The zero-order chi connectivity index (χ0) is 19.4. The highest BCUT2D eigenvalue weighted by atomic mass is 35.5. The molecule has 9 heteroatoms. The van der Waals surface area contributed by atoms with Gasteiger partial charge in [-0.3, -0.25) is 4.79 Å². The maximum atomic E-state index is 12.2. The molecule has 0 fully saturated rings. The maximum absolute atomic E-state index is 12.2. The molecule has 0 aliphatic carbocycles. The van der Waals surface area contributed by atoms with Crippen molar-refractivity contribution < 1.29 is 13.2 Å². The Balaban J connectivity index is 1.73. The summed E-state index contributed by atoms with van der Waals surface area (Å²) >= 11 is 5.71. The second kappa shape index (κ2) is 7.81. The minimum absolute atomic E-state index is 0.0292. The van der Waals surface area contributed by atoms with Crippen molar-refractivity contribution in [1.29, 1.82) is 0 Å². The number of anilines is 1. The lowest BCUT2D eigenvalue weighted by atomic mass is 10.1.